The number of hydrogen-bond acceptors (Lipinski definition) is 0. The second-order valence-corrected chi connectivity index (χ2v) is 7.49. The molecule has 0 unspecified atom stereocenters. The molecule has 0 fully saturated rings. The zero-order chi connectivity index (χ0) is 14.0. The molecule has 1 aromatic carbocycles. The van der Waals surface area contributed by atoms with Gasteiger partial charge in [-0.15, -0.1) is 0 Å². The molecule has 0 radical (unpaired) electrons. The number of benzene rings is 1. The van der Waals surface area contributed by atoms with E-state index in [9.17, 15) is 22.0 Å². The van der Waals surface area contributed by atoms with Crippen LogP contribution in [-0.2, 0) is 6.18 Å². The molecule has 0 spiro atoms. The van der Waals surface area contributed by atoms with E-state index in [0.29, 0.717) is 10.0 Å². The molecule has 102 valence electrons. The minimum atomic E-state index is -4.55. The standard InChI is InChI=1S/C12H7F5Se2/c13-11(14)19-10-8(12(15,16)17)6-18-9(10)7-4-2-1-3-5-7/h1-6,11H. The van der Waals surface area contributed by atoms with Crippen LogP contribution in [0.25, 0.3) is 10.0 Å². The Labute approximate surface area is 118 Å². The summed E-state index contributed by atoms with van der Waals surface area (Å²) in [5, 5.41) is -2.72. The molecule has 0 atom stereocenters. The number of alkyl halides is 5. The zero-order valence-corrected chi connectivity index (χ0v) is 12.7. The topological polar surface area (TPSA) is 0 Å². The molecule has 1 heterocycles. The first-order chi connectivity index (χ1) is 8.89. The van der Waals surface area contributed by atoms with Gasteiger partial charge in [0.05, 0.1) is 0 Å². The Hall–Kier alpha value is -0.611. The van der Waals surface area contributed by atoms with Gasteiger partial charge in [0.15, 0.2) is 0 Å². The minimum absolute atomic E-state index is 0.193. The molecule has 19 heavy (non-hydrogen) atoms. The summed E-state index contributed by atoms with van der Waals surface area (Å²) in [4.78, 5) is 1.06. The average molecular weight is 404 g/mol. The third-order valence-corrected chi connectivity index (χ3v) is 6.87. The molecular weight excluding hydrogens is 397 g/mol. The first-order valence-electron chi connectivity index (χ1n) is 5.08. The van der Waals surface area contributed by atoms with Crippen molar-refractivity contribution in [2.45, 2.75) is 11.5 Å². The summed E-state index contributed by atoms with van der Waals surface area (Å²) < 4.78 is 63.8. The van der Waals surface area contributed by atoms with Crippen LogP contribution in [0.3, 0.4) is 0 Å². The summed E-state index contributed by atoms with van der Waals surface area (Å²) in [7, 11) is 0. The summed E-state index contributed by atoms with van der Waals surface area (Å²) >= 11 is -2.01. The second-order valence-electron chi connectivity index (χ2n) is 3.55. The zero-order valence-electron chi connectivity index (χ0n) is 9.25. The van der Waals surface area contributed by atoms with E-state index >= 15 is 0 Å². The normalized spacial score (nSPS) is 12.1. The second kappa shape index (κ2) is 5.80. The van der Waals surface area contributed by atoms with Crippen molar-refractivity contribution in [3.63, 3.8) is 0 Å². The number of hydrogen-bond donors (Lipinski definition) is 0. The van der Waals surface area contributed by atoms with E-state index in [1.807, 2.05) is 0 Å². The van der Waals surface area contributed by atoms with Crippen LogP contribution in [0.15, 0.2) is 35.3 Å². The van der Waals surface area contributed by atoms with Crippen molar-refractivity contribution in [3.05, 3.63) is 40.8 Å². The SMILES string of the molecule is FC(F)[Se]c1c(C(F)(F)F)c[se]c1-c1ccccc1. The molecule has 0 aliphatic rings. The molecule has 0 N–H and O–H groups in total. The Morgan fingerprint density at radius 2 is 1.68 bits per heavy atom. The molecule has 2 rings (SSSR count). The Kier molecular flexibility index (Phi) is 4.51. The van der Waals surface area contributed by atoms with Crippen molar-refractivity contribution in [1.82, 2.24) is 0 Å². The maximum atomic E-state index is 12.8. The van der Waals surface area contributed by atoms with Gasteiger partial charge in [-0.25, -0.2) is 0 Å². The van der Waals surface area contributed by atoms with E-state index in [-0.39, 0.29) is 4.46 Å². The van der Waals surface area contributed by atoms with Crippen molar-refractivity contribution >= 4 is 33.9 Å². The Balaban J connectivity index is 2.53. The number of rotatable bonds is 3. The Morgan fingerprint density at radius 3 is 2.21 bits per heavy atom. The van der Waals surface area contributed by atoms with Gasteiger partial charge in [-0.2, -0.15) is 0 Å². The van der Waals surface area contributed by atoms with Gasteiger partial charge in [-0.3, -0.25) is 0 Å². The third kappa shape index (κ3) is 3.48. The predicted octanol–water partition coefficient (Wildman–Crippen LogP) is 2.98. The fraction of sp³-hybridized carbons (Fsp3) is 0.167. The molecule has 0 saturated carbocycles. The van der Waals surface area contributed by atoms with Gasteiger partial charge in [0, 0.05) is 0 Å². The molecular formula is C12H7F5Se2. The van der Waals surface area contributed by atoms with E-state index < -0.39 is 46.5 Å². The monoisotopic (exact) mass is 406 g/mol. The van der Waals surface area contributed by atoms with Crippen molar-refractivity contribution in [2.75, 3.05) is 0 Å². The van der Waals surface area contributed by atoms with Gasteiger partial charge in [0.1, 0.15) is 0 Å². The van der Waals surface area contributed by atoms with E-state index in [4.69, 9.17) is 0 Å². The van der Waals surface area contributed by atoms with Gasteiger partial charge in [0.2, 0.25) is 0 Å². The van der Waals surface area contributed by atoms with E-state index in [0.717, 1.165) is 4.94 Å². The molecule has 0 bridgehead atoms. The van der Waals surface area contributed by atoms with E-state index in [1.165, 1.54) is 0 Å². The van der Waals surface area contributed by atoms with Crippen LogP contribution in [0.4, 0.5) is 22.0 Å². The molecule has 2 aromatic rings. The molecule has 0 nitrogen and oxygen atoms in total. The summed E-state index contributed by atoms with van der Waals surface area (Å²) in [5.41, 5.74) is -0.262. The first-order valence-corrected chi connectivity index (χ1v) is 8.77. The van der Waals surface area contributed by atoms with Crippen LogP contribution in [0, 0.1) is 0 Å². The van der Waals surface area contributed by atoms with E-state index in [1.54, 1.807) is 30.3 Å². The maximum absolute atomic E-state index is 12.8. The summed E-state index contributed by atoms with van der Waals surface area (Å²) in [6, 6.07) is 8.44. The van der Waals surface area contributed by atoms with Crippen LogP contribution >= 0.6 is 0 Å². The first kappa shape index (κ1) is 14.8. The van der Waals surface area contributed by atoms with Crippen LogP contribution in [-0.4, -0.2) is 34.8 Å². The van der Waals surface area contributed by atoms with Crippen LogP contribution < -0.4 is 4.46 Å². The van der Waals surface area contributed by atoms with Gasteiger partial charge in [-0.1, -0.05) is 0 Å². The van der Waals surface area contributed by atoms with Crippen LogP contribution in [0.2, 0.25) is 0 Å². The van der Waals surface area contributed by atoms with Gasteiger partial charge >= 0.3 is 118 Å². The van der Waals surface area contributed by atoms with Crippen molar-refractivity contribution < 1.29 is 22.0 Å². The van der Waals surface area contributed by atoms with Gasteiger partial charge in [-0.05, 0) is 0 Å². The molecule has 0 aliphatic heterocycles. The molecule has 0 amide bonds. The molecule has 0 saturated heterocycles. The quantitative estimate of drug-likeness (QED) is 0.546. The Morgan fingerprint density at radius 1 is 1.05 bits per heavy atom. The summed E-state index contributed by atoms with van der Waals surface area (Å²) in [5.74, 6) is 0. The Bertz CT molecular complexity index is 545. The molecule has 1 aromatic heterocycles. The van der Waals surface area contributed by atoms with Crippen molar-refractivity contribution in [2.24, 2.45) is 0 Å². The fourth-order valence-electron chi connectivity index (χ4n) is 1.54. The molecule has 7 heteroatoms. The van der Waals surface area contributed by atoms with Crippen LogP contribution in [0.5, 0.6) is 0 Å². The average Bonchev–Trinajstić information content (AvgIpc) is 2.72. The number of halogens is 5. The third-order valence-electron chi connectivity index (χ3n) is 2.29. The van der Waals surface area contributed by atoms with Crippen molar-refractivity contribution in [1.29, 1.82) is 0 Å². The van der Waals surface area contributed by atoms with Crippen molar-refractivity contribution in [3.8, 4) is 10.0 Å². The van der Waals surface area contributed by atoms with Gasteiger partial charge < -0.3 is 0 Å². The summed E-state index contributed by atoms with van der Waals surface area (Å²) in [6.07, 6.45) is -4.55. The fourth-order valence-corrected chi connectivity index (χ4v) is 6.49. The summed E-state index contributed by atoms with van der Waals surface area (Å²) in [6.45, 7) is 0. The predicted molar refractivity (Wildman–Crippen MR) is 65.2 cm³/mol. The van der Waals surface area contributed by atoms with E-state index in [2.05, 4.69) is 0 Å². The molecule has 0 aliphatic carbocycles. The van der Waals surface area contributed by atoms with Gasteiger partial charge in [0.25, 0.3) is 0 Å². The van der Waals surface area contributed by atoms with Crippen LogP contribution in [0.1, 0.15) is 5.56 Å².